The maximum Gasteiger partial charge on any atom is 0.156 e. The molecule has 1 aliphatic rings. The van der Waals surface area contributed by atoms with Gasteiger partial charge >= 0.3 is 0 Å². The molecule has 0 N–H and O–H groups in total. The quantitative estimate of drug-likeness (QED) is 0.562. The molecule has 3 rings (SSSR count). The number of rotatable bonds is 5. The number of carbonyl (C=O) groups excluding carboxylic acids is 1. The lowest BCUT2D eigenvalue weighted by Crippen LogP contribution is -2.24. The molecule has 0 aliphatic heterocycles. The van der Waals surface area contributed by atoms with Gasteiger partial charge in [-0.2, -0.15) is 0 Å². The second-order valence-corrected chi connectivity index (χ2v) is 6.47. The number of ether oxygens (including phenoxy) is 1. The average Bonchev–Trinajstić information content (AvgIpc) is 2.61. The summed E-state index contributed by atoms with van der Waals surface area (Å²) in [5.74, 6) is 0.279. The number of hydrogen-bond acceptors (Lipinski definition) is 3. The third-order valence-electron chi connectivity index (χ3n) is 4.68. The molecule has 126 valence electrons. The van der Waals surface area contributed by atoms with Crippen LogP contribution in [-0.2, 0) is 0 Å². The van der Waals surface area contributed by atoms with E-state index in [0.29, 0.717) is 23.8 Å². The van der Waals surface area contributed by atoms with Crippen LogP contribution in [0.5, 0.6) is 5.75 Å². The normalized spacial score (nSPS) is 20.6. The van der Waals surface area contributed by atoms with Crippen molar-refractivity contribution in [1.82, 2.24) is 4.98 Å². The molecule has 3 nitrogen and oxygen atoms in total. The summed E-state index contributed by atoms with van der Waals surface area (Å²) >= 11 is 6.26. The summed E-state index contributed by atoms with van der Waals surface area (Å²) in [7, 11) is 0. The van der Waals surface area contributed by atoms with E-state index in [9.17, 15) is 9.18 Å². The maximum absolute atomic E-state index is 13.7. The van der Waals surface area contributed by atoms with Gasteiger partial charge in [-0.1, -0.05) is 36.6 Å². The van der Waals surface area contributed by atoms with Crippen molar-refractivity contribution in [2.75, 3.05) is 6.61 Å². The summed E-state index contributed by atoms with van der Waals surface area (Å²) in [4.78, 5) is 15.3. The van der Waals surface area contributed by atoms with Gasteiger partial charge in [0.25, 0.3) is 0 Å². The van der Waals surface area contributed by atoms with Crippen LogP contribution in [-0.4, -0.2) is 17.9 Å². The molecule has 2 atom stereocenters. The highest BCUT2D eigenvalue weighted by Gasteiger charge is 2.29. The molecule has 0 radical (unpaired) electrons. The van der Waals surface area contributed by atoms with Crippen molar-refractivity contribution in [2.45, 2.75) is 31.6 Å². The Hall–Kier alpha value is -1.94. The largest absolute Gasteiger partial charge is 0.492 e. The highest BCUT2D eigenvalue weighted by atomic mass is 35.5. The first-order chi connectivity index (χ1) is 11.7. The Morgan fingerprint density at radius 1 is 1.25 bits per heavy atom. The predicted octanol–water partition coefficient (Wildman–Crippen LogP) is 5.04. The lowest BCUT2D eigenvalue weighted by molar-refractivity contribution is 0.111. The highest BCUT2D eigenvalue weighted by molar-refractivity contribution is 6.30. The van der Waals surface area contributed by atoms with Gasteiger partial charge in [0.2, 0.25) is 0 Å². The van der Waals surface area contributed by atoms with Crippen LogP contribution in [0.2, 0.25) is 5.15 Å². The molecule has 0 amide bonds. The molecule has 2 aromatic rings. The zero-order valence-corrected chi connectivity index (χ0v) is 14.0. The van der Waals surface area contributed by atoms with Crippen molar-refractivity contribution >= 4 is 17.9 Å². The minimum Gasteiger partial charge on any atom is -0.492 e. The third kappa shape index (κ3) is 3.59. The zero-order chi connectivity index (χ0) is 16.9. The Morgan fingerprint density at radius 2 is 2.08 bits per heavy atom. The summed E-state index contributed by atoms with van der Waals surface area (Å²) in [5.41, 5.74) is 1.02. The van der Waals surface area contributed by atoms with Gasteiger partial charge in [0.1, 0.15) is 16.7 Å². The van der Waals surface area contributed by atoms with Gasteiger partial charge in [-0.25, -0.2) is 9.37 Å². The molecule has 2 unspecified atom stereocenters. The van der Waals surface area contributed by atoms with Crippen molar-refractivity contribution < 1.29 is 13.9 Å². The zero-order valence-electron chi connectivity index (χ0n) is 13.3. The van der Waals surface area contributed by atoms with Crippen molar-refractivity contribution in [3.63, 3.8) is 0 Å². The molecular formula is C19H19ClFNO2. The Labute approximate surface area is 145 Å². The molecule has 5 heteroatoms. The van der Waals surface area contributed by atoms with Gasteiger partial charge in [0.15, 0.2) is 6.29 Å². The summed E-state index contributed by atoms with van der Waals surface area (Å²) in [5, 5.41) is 0.536. The Kier molecular flexibility index (Phi) is 5.46. The molecule has 1 heterocycles. The number of aldehydes is 1. The summed E-state index contributed by atoms with van der Waals surface area (Å²) < 4.78 is 19.5. The number of nitrogens with zero attached hydrogens (tertiary/aromatic N) is 1. The van der Waals surface area contributed by atoms with Crippen molar-refractivity contribution in [1.29, 1.82) is 0 Å². The first-order valence-corrected chi connectivity index (χ1v) is 8.55. The van der Waals surface area contributed by atoms with E-state index in [4.69, 9.17) is 16.3 Å². The Morgan fingerprint density at radius 3 is 2.88 bits per heavy atom. The van der Waals surface area contributed by atoms with E-state index in [0.717, 1.165) is 31.2 Å². The summed E-state index contributed by atoms with van der Waals surface area (Å²) in [6, 6.07) is 8.34. The smallest absolute Gasteiger partial charge is 0.156 e. The van der Waals surface area contributed by atoms with E-state index in [1.54, 1.807) is 18.3 Å². The lowest BCUT2D eigenvalue weighted by Gasteiger charge is -2.32. The number of benzene rings is 1. The molecule has 1 fully saturated rings. The van der Waals surface area contributed by atoms with Gasteiger partial charge in [-0.15, -0.1) is 0 Å². The summed E-state index contributed by atoms with van der Waals surface area (Å²) in [6.07, 6.45) is 6.51. The van der Waals surface area contributed by atoms with Crippen molar-refractivity contribution in [3.8, 4) is 5.75 Å². The second-order valence-electron chi connectivity index (χ2n) is 6.11. The minimum atomic E-state index is -0.557. The van der Waals surface area contributed by atoms with Crippen molar-refractivity contribution in [2.24, 2.45) is 5.92 Å². The van der Waals surface area contributed by atoms with Crippen LogP contribution in [0.1, 0.15) is 47.5 Å². The Balaban J connectivity index is 1.77. The van der Waals surface area contributed by atoms with Crippen LogP contribution in [0.25, 0.3) is 0 Å². The van der Waals surface area contributed by atoms with E-state index in [2.05, 4.69) is 4.98 Å². The number of pyridine rings is 1. The predicted molar refractivity (Wildman–Crippen MR) is 91.2 cm³/mol. The molecule has 0 bridgehead atoms. The monoisotopic (exact) mass is 347 g/mol. The molecule has 1 saturated carbocycles. The van der Waals surface area contributed by atoms with E-state index in [1.807, 2.05) is 12.1 Å². The lowest BCUT2D eigenvalue weighted by atomic mass is 9.76. The number of hydrogen-bond donors (Lipinski definition) is 0. The first kappa shape index (κ1) is 16.9. The van der Waals surface area contributed by atoms with E-state index >= 15 is 0 Å². The number of aromatic nitrogens is 1. The van der Waals surface area contributed by atoms with Gasteiger partial charge in [0.05, 0.1) is 12.2 Å². The minimum absolute atomic E-state index is 0.0238. The van der Waals surface area contributed by atoms with Crippen LogP contribution in [0.4, 0.5) is 4.39 Å². The molecule has 24 heavy (non-hydrogen) atoms. The third-order valence-corrected chi connectivity index (χ3v) is 5.00. The molecular weight excluding hydrogens is 329 g/mol. The Bertz CT molecular complexity index is 722. The fraction of sp³-hybridized carbons (Fsp3) is 0.368. The SMILES string of the molecule is O=Cc1c(F)cccc1OCC1CCCCC1c1cccnc1Cl. The van der Waals surface area contributed by atoms with E-state index < -0.39 is 5.82 Å². The molecule has 1 aliphatic carbocycles. The molecule has 1 aromatic carbocycles. The van der Waals surface area contributed by atoms with Crippen LogP contribution in [0.3, 0.4) is 0 Å². The maximum atomic E-state index is 13.7. The second kappa shape index (κ2) is 7.75. The van der Waals surface area contributed by atoms with Crippen molar-refractivity contribution in [3.05, 3.63) is 58.6 Å². The molecule has 0 spiro atoms. The topological polar surface area (TPSA) is 39.2 Å². The first-order valence-electron chi connectivity index (χ1n) is 8.17. The van der Waals surface area contributed by atoms with Crippen LogP contribution in [0.15, 0.2) is 36.5 Å². The molecule has 0 saturated heterocycles. The summed E-state index contributed by atoms with van der Waals surface area (Å²) in [6.45, 7) is 0.431. The fourth-order valence-electron chi connectivity index (χ4n) is 3.45. The average molecular weight is 348 g/mol. The van der Waals surface area contributed by atoms with E-state index in [-0.39, 0.29) is 17.4 Å². The molecule has 1 aromatic heterocycles. The van der Waals surface area contributed by atoms with Crippen LogP contribution >= 0.6 is 11.6 Å². The van der Waals surface area contributed by atoms with E-state index in [1.165, 1.54) is 6.07 Å². The standard InChI is InChI=1S/C19H19ClFNO2/c20-19-15(7-4-10-22-19)14-6-2-1-5-13(14)12-24-18-9-3-8-17(21)16(18)11-23/h3-4,7-11,13-14H,1-2,5-6,12H2. The van der Waals surface area contributed by atoms with Crippen LogP contribution in [0, 0.1) is 11.7 Å². The number of halogens is 2. The van der Waals surface area contributed by atoms with Gasteiger partial charge in [-0.3, -0.25) is 4.79 Å². The van der Waals surface area contributed by atoms with Crippen LogP contribution < -0.4 is 4.74 Å². The highest BCUT2D eigenvalue weighted by Crippen LogP contribution is 2.40. The van der Waals surface area contributed by atoms with Gasteiger partial charge in [0, 0.05) is 6.20 Å². The fourth-order valence-corrected chi connectivity index (χ4v) is 3.71. The van der Waals surface area contributed by atoms with Gasteiger partial charge < -0.3 is 4.74 Å². The number of carbonyl (C=O) groups is 1. The van der Waals surface area contributed by atoms with Gasteiger partial charge in [-0.05, 0) is 48.4 Å².